The molecule has 3 N–H and O–H groups in total. The molecule has 0 fully saturated rings. The van der Waals surface area contributed by atoms with E-state index >= 15 is 0 Å². The number of hydrogen-bond acceptors (Lipinski definition) is 5. The highest BCUT2D eigenvalue weighted by atomic mass is 16.5. The van der Waals surface area contributed by atoms with Crippen molar-refractivity contribution in [1.29, 1.82) is 0 Å². The first-order valence-corrected chi connectivity index (χ1v) is 7.24. The van der Waals surface area contributed by atoms with Gasteiger partial charge in [0, 0.05) is 38.2 Å². The predicted molar refractivity (Wildman–Crippen MR) is 84.8 cm³/mol. The minimum atomic E-state index is -0.311. The number of aryl methyl sites for hydroxylation is 1. The van der Waals surface area contributed by atoms with E-state index < -0.39 is 0 Å². The molecule has 0 unspecified atom stereocenters. The van der Waals surface area contributed by atoms with Crippen LogP contribution < -0.4 is 16.0 Å². The van der Waals surface area contributed by atoms with Crippen molar-refractivity contribution >= 4 is 17.6 Å². The first kappa shape index (κ1) is 16.5. The van der Waals surface area contributed by atoms with Crippen LogP contribution in [0.3, 0.4) is 0 Å². The van der Waals surface area contributed by atoms with Crippen LogP contribution >= 0.6 is 0 Å². The van der Waals surface area contributed by atoms with Gasteiger partial charge in [-0.25, -0.2) is 4.79 Å². The van der Waals surface area contributed by atoms with Gasteiger partial charge in [-0.3, -0.25) is 4.79 Å². The zero-order valence-corrected chi connectivity index (χ0v) is 13.0. The second-order valence-corrected chi connectivity index (χ2v) is 4.94. The highest BCUT2D eigenvalue weighted by molar-refractivity contribution is 5.89. The average molecular weight is 317 g/mol. The number of aromatic nitrogens is 2. The van der Waals surface area contributed by atoms with Crippen LogP contribution in [0.15, 0.2) is 28.8 Å². The van der Waals surface area contributed by atoms with Gasteiger partial charge in [-0.1, -0.05) is 17.3 Å². The third-order valence-electron chi connectivity index (χ3n) is 2.92. The monoisotopic (exact) mass is 317 g/mol. The van der Waals surface area contributed by atoms with Crippen LogP contribution in [0.2, 0.25) is 0 Å². The Labute approximate surface area is 133 Å². The van der Waals surface area contributed by atoms with E-state index in [0.29, 0.717) is 36.9 Å². The Kier molecular flexibility index (Phi) is 5.67. The van der Waals surface area contributed by atoms with Gasteiger partial charge in [0.2, 0.25) is 17.6 Å². The number of nitrogens with one attached hydrogen (secondary N) is 3. The van der Waals surface area contributed by atoms with Crippen LogP contribution in [0.1, 0.15) is 19.2 Å². The fraction of sp³-hybridized carbons (Fsp3) is 0.333. The molecule has 1 aromatic carbocycles. The third-order valence-corrected chi connectivity index (χ3v) is 2.92. The minimum Gasteiger partial charge on any atom is -0.356 e. The molecule has 0 aliphatic carbocycles. The zero-order valence-electron chi connectivity index (χ0n) is 13.0. The second kappa shape index (κ2) is 7.92. The van der Waals surface area contributed by atoms with E-state index in [4.69, 9.17) is 4.52 Å². The molecule has 8 heteroatoms. The van der Waals surface area contributed by atoms with Crippen LogP contribution in [0.25, 0.3) is 11.4 Å². The minimum absolute atomic E-state index is 0.0806. The molecule has 0 spiro atoms. The Hall–Kier alpha value is -2.90. The van der Waals surface area contributed by atoms with Gasteiger partial charge in [0.15, 0.2) is 0 Å². The number of nitrogens with zero attached hydrogens (tertiary/aromatic N) is 2. The zero-order chi connectivity index (χ0) is 16.7. The molecule has 23 heavy (non-hydrogen) atoms. The molecule has 0 aliphatic rings. The summed E-state index contributed by atoms with van der Waals surface area (Å²) >= 11 is 0. The summed E-state index contributed by atoms with van der Waals surface area (Å²) in [5, 5.41) is 12.0. The Bertz CT molecular complexity index is 683. The fourth-order valence-corrected chi connectivity index (χ4v) is 1.88. The fourth-order valence-electron chi connectivity index (χ4n) is 1.88. The molecule has 0 saturated carbocycles. The van der Waals surface area contributed by atoms with Crippen LogP contribution in [-0.2, 0) is 4.79 Å². The number of carbonyl (C=O) groups is 2. The summed E-state index contributed by atoms with van der Waals surface area (Å²) < 4.78 is 4.94. The number of hydrogen-bond donors (Lipinski definition) is 3. The third kappa shape index (κ3) is 5.42. The maximum atomic E-state index is 11.8. The molecule has 0 radical (unpaired) electrons. The van der Waals surface area contributed by atoms with Gasteiger partial charge in [0.1, 0.15) is 0 Å². The summed E-state index contributed by atoms with van der Waals surface area (Å²) in [5.74, 6) is 0.875. The lowest BCUT2D eigenvalue weighted by molar-refractivity contribution is -0.118. The maximum absolute atomic E-state index is 11.8. The first-order valence-electron chi connectivity index (χ1n) is 7.24. The van der Waals surface area contributed by atoms with Crippen LogP contribution in [0.4, 0.5) is 10.5 Å². The van der Waals surface area contributed by atoms with Gasteiger partial charge in [0.05, 0.1) is 0 Å². The van der Waals surface area contributed by atoms with E-state index in [0.717, 1.165) is 5.56 Å². The lowest BCUT2D eigenvalue weighted by Gasteiger charge is -2.08. The summed E-state index contributed by atoms with van der Waals surface area (Å²) in [7, 11) is 0. The van der Waals surface area contributed by atoms with E-state index in [1.165, 1.54) is 6.92 Å². The molecule has 1 heterocycles. The SMILES string of the molecule is CC(=O)NCCCNC(=O)Nc1cccc(-c2noc(C)n2)c1. The molecule has 0 bridgehead atoms. The summed E-state index contributed by atoms with van der Waals surface area (Å²) in [6, 6.07) is 6.86. The number of urea groups is 1. The van der Waals surface area contributed by atoms with Gasteiger partial charge in [-0.15, -0.1) is 0 Å². The van der Waals surface area contributed by atoms with Crippen molar-refractivity contribution in [2.75, 3.05) is 18.4 Å². The largest absolute Gasteiger partial charge is 0.356 e. The quantitative estimate of drug-likeness (QED) is 0.702. The van der Waals surface area contributed by atoms with E-state index in [2.05, 4.69) is 26.1 Å². The Balaban J connectivity index is 1.83. The summed E-state index contributed by atoms with van der Waals surface area (Å²) in [5.41, 5.74) is 1.38. The van der Waals surface area contributed by atoms with Crippen molar-refractivity contribution in [3.05, 3.63) is 30.2 Å². The highest BCUT2D eigenvalue weighted by Gasteiger charge is 2.07. The first-order chi connectivity index (χ1) is 11.0. The number of carbonyl (C=O) groups excluding carboxylic acids is 2. The van der Waals surface area contributed by atoms with Crippen LogP contribution in [0, 0.1) is 6.92 Å². The molecule has 2 rings (SSSR count). The maximum Gasteiger partial charge on any atom is 0.319 e. The standard InChI is InChI=1S/C15H19N5O3/c1-10(21)16-7-4-8-17-15(22)19-13-6-3-5-12(9-13)14-18-11(2)23-20-14/h3,5-6,9H,4,7-8H2,1-2H3,(H,16,21)(H2,17,19,22). The van der Waals surface area contributed by atoms with E-state index in [1.54, 1.807) is 25.1 Å². The lowest BCUT2D eigenvalue weighted by Crippen LogP contribution is -2.31. The molecular weight excluding hydrogens is 298 g/mol. The second-order valence-electron chi connectivity index (χ2n) is 4.94. The topological polar surface area (TPSA) is 109 Å². The van der Waals surface area contributed by atoms with Crippen molar-refractivity contribution in [2.24, 2.45) is 0 Å². The molecule has 0 saturated heterocycles. The van der Waals surface area contributed by atoms with Gasteiger partial charge in [-0.2, -0.15) is 4.98 Å². The number of benzene rings is 1. The van der Waals surface area contributed by atoms with E-state index in [-0.39, 0.29) is 11.9 Å². The van der Waals surface area contributed by atoms with Crippen molar-refractivity contribution in [1.82, 2.24) is 20.8 Å². The molecule has 2 aromatic rings. The van der Waals surface area contributed by atoms with Crippen molar-refractivity contribution in [3.63, 3.8) is 0 Å². The molecule has 0 aliphatic heterocycles. The van der Waals surface area contributed by atoms with Gasteiger partial charge in [0.25, 0.3) is 0 Å². The number of amides is 3. The van der Waals surface area contributed by atoms with Crippen LogP contribution in [-0.4, -0.2) is 35.2 Å². The number of rotatable bonds is 6. The summed E-state index contributed by atoms with van der Waals surface area (Å²) in [6.07, 6.45) is 0.662. The molecule has 0 atom stereocenters. The predicted octanol–water partition coefficient (Wildman–Crippen LogP) is 1.69. The average Bonchev–Trinajstić information content (AvgIpc) is 2.93. The summed E-state index contributed by atoms with van der Waals surface area (Å²) in [4.78, 5) is 26.7. The molecule has 122 valence electrons. The van der Waals surface area contributed by atoms with Crippen molar-refractivity contribution in [3.8, 4) is 11.4 Å². The molecule has 1 aromatic heterocycles. The highest BCUT2D eigenvalue weighted by Crippen LogP contribution is 2.19. The van der Waals surface area contributed by atoms with E-state index in [1.807, 2.05) is 6.07 Å². The van der Waals surface area contributed by atoms with Gasteiger partial charge in [-0.05, 0) is 18.6 Å². The Morgan fingerprint density at radius 2 is 2.00 bits per heavy atom. The smallest absolute Gasteiger partial charge is 0.319 e. The molecule has 8 nitrogen and oxygen atoms in total. The van der Waals surface area contributed by atoms with Crippen molar-refractivity contribution < 1.29 is 14.1 Å². The van der Waals surface area contributed by atoms with Crippen molar-refractivity contribution in [2.45, 2.75) is 20.3 Å². The lowest BCUT2D eigenvalue weighted by atomic mass is 10.2. The molecule has 3 amide bonds. The van der Waals surface area contributed by atoms with Gasteiger partial charge >= 0.3 is 6.03 Å². The molecular formula is C15H19N5O3. The normalized spacial score (nSPS) is 10.2. The van der Waals surface area contributed by atoms with Gasteiger partial charge < -0.3 is 20.5 Å². The van der Waals surface area contributed by atoms with Crippen LogP contribution in [0.5, 0.6) is 0 Å². The number of anilines is 1. The Morgan fingerprint density at radius 1 is 1.22 bits per heavy atom. The van der Waals surface area contributed by atoms with E-state index in [9.17, 15) is 9.59 Å². The Morgan fingerprint density at radius 3 is 2.70 bits per heavy atom. The summed E-state index contributed by atoms with van der Waals surface area (Å²) in [6.45, 7) is 4.17.